The Morgan fingerprint density at radius 3 is 2.67 bits per heavy atom. The number of methoxy groups -OCH3 is 1. The van der Waals surface area contributed by atoms with Crippen molar-refractivity contribution < 1.29 is 9.84 Å². The maximum absolute atomic E-state index is 9.00. The number of hydrogen-bond donors (Lipinski definition) is 2. The van der Waals surface area contributed by atoms with Gasteiger partial charge in [-0.2, -0.15) is 0 Å². The second kappa shape index (κ2) is 6.88. The lowest BCUT2D eigenvalue weighted by Gasteiger charge is -2.38. The summed E-state index contributed by atoms with van der Waals surface area (Å²) in [5, 5.41) is 12.6. The Morgan fingerprint density at radius 2 is 2.06 bits per heavy atom. The summed E-state index contributed by atoms with van der Waals surface area (Å²) in [4.78, 5) is 0. The molecule has 0 spiro atoms. The molecule has 0 aromatic heterocycles. The number of aliphatic hydroxyl groups is 1. The van der Waals surface area contributed by atoms with Gasteiger partial charge in [-0.1, -0.05) is 30.3 Å². The minimum atomic E-state index is 0.218. The fraction of sp³-hybridized carbons (Fsp3) is 0.600. The van der Waals surface area contributed by atoms with E-state index in [1.54, 1.807) is 7.11 Å². The molecule has 2 N–H and O–H groups in total. The average molecular weight is 249 g/mol. The summed E-state index contributed by atoms with van der Waals surface area (Å²) in [5.74, 6) is 0.695. The lowest BCUT2D eigenvalue weighted by atomic mass is 9.75. The van der Waals surface area contributed by atoms with E-state index in [0.29, 0.717) is 18.6 Å². The van der Waals surface area contributed by atoms with Crippen LogP contribution in [0.1, 0.15) is 30.7 Å². The van der Waals surface area contributed by atoms with Crippen molar-refractivity contribution in [1.82, 2.24) is 5.32 Å². The SMILES string of the molecule is COCC(CCO)NC1CC(c2ccccc2)C1. The fourth-order valence-corrected chi connectivity index (χ4v) is 2.66. The lowest BCUT2D eigenvalue weighted by molar-refractivity contribution is 0.129. The highest BCUT2D eigenvalue weighted by Gasteiger charge is 2.31. The molecule has 1 aromatic carbocycles. The van der Waals surface area contributed by atoms with Crippen LogP contribution in [0.25, 0.3) is 0 Å². The topological polar surface area (TPSA) is 41.5 Å². The third kappa shape index (κ3) is 3.55. The van der Waals surface area contributed by atoms with Crippen molar-refractivity contribution in [2.45, 2.75) is 37.3 Å². The first-order valence-corrected chi connectivity index (χ1v) is 6.74. The van der Waals surface area contributed by atoms with E-state index >= 15 is 0 Å². The van der Waals surface area contributed by atoms with Crippen LogP contribution in [-0.2, 0) is 4.74 Å². The van der Waals surface area contributed by atoms with Crippen LogP contribution in [0.15, 0.2) is 30.3 Å². The molecule has 18 heavy (non-hydrogen) atoms. The molecule has 1 saturated carbocycles. The molecule has 1 aliphatic rings. The zero-order chi connectivity index (χ0) is 12.8. The van der Waals surface area contributed by atoms with Crippen molar-refractivity contribution >= 4 is 0 Å². The molecule has 1 atom stereocenters. The molecule has 0 amide bonds. The highest BCUT2D eigenvalue weighted by Crippen LogP contribution is 2.36. The predicted molar refractivity (Wildman–Crippen MR) is 72.7 cm³/mol. The van der Waals surface area contributed by atoms with Gasteiger partial charge >= 0.3 is 0 Å². The van der Waals surface area contributed by atoms with Crippen LogP contribution in [0.5, 0.6) is 0 Å². The molecule has 100 valence electrons. The first kappa shape index (κ1) is 13.5. The largest absolute Gasteiger partial charge is 0.396 e. The number of ether oxygens (including phenoxy) is 1. The lowest BCUT2D eigenvalue weighted by Crippen LogP contribution is -2.47. The molecule has 3 heteroatoms. The number of aliphatic hydroxyl groups excluding tert-OH is 1. The molecular weight excluding hydrogens is 226 g/mol. The monoisotopic (exact) mass is 249 g/mol. The van der Waals surface area contributed by atoms with Gasteiger partial charge in [0.1, 0.15) is 0 Å². The van der Waals surface area contributed by atoms with E-state index in [4.69, 9.17) is 9.84 Å². The number of benzene rings is 1. The Hall–Kier alpha value is -0.900. The van der Waals surface area contributed by atoms with E-state index in [-0.39, 0.29) is 12.6 Å². The summed E-state index contributed by atoms with van der Waals surface area (Å²) < 4.78 is 5.16. The second-order valence-corrected chi connectivity index (χ2v) is 5.11. The highest BCUT2D eigenvalue weighted by atomic mass is 16.5. The van der Waals surface area contributed by atoms with Crippen molar-refractivity contribution in [2.24, 2.45) is 0 Å². The molecule has 0 bridgehead atoms. The minimum absolute atomic E-state index is 0.218. The van der Waals surface area contributed by atoms with Crippen LogP contribution in [0.3, 0.4) is 0 Å². The van der Waals surface area contributed by atoms with Crippen LogP contribution in [0.4, 0.5) is 0 Å². The van der Waals surface area contributed by atoms with Crippen LogP contribution < -0.4 is 5.32 Å². The van der Waals surface area contributed by atoms with E-state index < -0.39 is 0 Å². The summed E-state index contributed by atoms with van der Waals surface area (Å²) in [6.07, 6.45) is 3.14. The first-order valence-electron chi connectivity index (χ1n) is 6.74. The Kier molecular flexibility index (Phi) is 5.17. The standard InChI is InChI=1S/C15H23NO2/c1-18-11-14(7-8-17)16-15-9-13(10-15)12-5-3-2-4-6-12/h2-6,13-17H,7-11H2,1H3. The van der Waals surface area contributed by atoms with Crippen LogP contribution in [0.2, 0.25) is 0 Å². The van der Waals surface area contributed by atoms with Gasteiger partial charge in [0.25, 0.3) is 0 Å². The zero-order valence-electron chi connectivity index (χ0n) is 11.0. The third-order valence-corrected chi connectivity index (χ3v) is 3.73. The van der Waals surface area contributed by atoms with Gasteiger partial charge in [0, 0.05) is 25.8 Å². The van der Waals surface area contributed by atoms with Crippen molar-refractivity contribution in [1.29, 1.82) is 0 Å². The average Bonchev–Trinajstić information content (AvgIpc) is 2.34. The number of rotatable bonds is 7. The molecule has 0 aliphatic heterocycles. The molecule has 1 aliphatic carbocycles. The zero-order valence-corrected chi connectivity index (χ0v) is 11.0. The Morgan fingerprint density at radius 1 is 1.33 bits per heavy atom. The molecule has 1 aromatic rings. The highest BCUT2D eigenvalue weighted by molar-refractivity contribution is 5.22. The van der Waals surface area contributed by atoms with Crippen molar-refractivity contribution in [3.05, 3.63) is 35.9 Å². The molecule has 0 saturated heterocycles. The van der Waals surface area contributed by atoms with Crippen molar-refractivity contribution in [3.63, 3.8) is 0 Å². The molecule has 0 heterocycles. The Labute approximate surface area is 109 Å². The predicted octanol–water partition coefficient (Wildman–Crippen LogP) is 1.92. The maximum atomic E-state index is 9.00. The molecule has 3 nitrogen and oxygen atoms in total. The van der Waals surface area contributed by atoms with E-state index in [0.717, 1.165) is 6.42 Å². The van der Waals surface area contributed by atoms with Gasteiger partial charge in [0.05, 0.1) is 6.61 Å². The number of hydrogen-bond acceptors (Lipinski definition) is 3. The van der Waals surface area contributed by atoms with Crippen molar-refractivity contribution in [3.8, 4) is 0 Å². The van der Waals surface area contributed by atoms with Crippen LogP contribution >= 0.6 is 0 Å². The molecular formula is C15H23NO2. The van der Waals surface area contributed by atoms with E-state index in [2.05, 4.69) is 35.6 Å². The van der Waals surface area contributed by atoms with Gasteiger partial charge in [0.2, 0.25) is 0 Å². The van der Waals surface area contributed by atoms with Gasteiger partial charge in [-0.25, -0.2) is 0 Å². The molecule has 0 radical (unpaired) electrons. The van der Waals surface area contributed by atoms with Gasteiger partial charge in [-0.3, -0.25) is 0 Å². The number of nitrogens with one attached hydrogen (secondary N) is 1. The van der Waals surface area contributed by atoms with E-state index in [1.165, 1.54) is 18.4 Å². The third-order valence-electron chi connectivity index (χ3n) is 3.73. The van der Waals surface area contributed by atoms with Crippen LogP contribution in [0, 0.1) is 0 Å². The maximum Gasteiger partial charge on any atom is 0.0616 e. The van der Waals surface area contributed by atoms with Gasteiger partial charge in [-0.15, -0.1) is 0 Å². The summed E-state index contributed by atoms with van der Waals surface area (Å²) in [7, 11) is 1.71. The summed E-state index contributed by atoms with van der Waals surface area (Å²) in [6, 6.07) is 11.5. The normalized spacial score (nSPS) is 24.6. The van der Waals surface area contributed by atoms with Gasteiger partial charge in [-0.05, 0) is 30.7 Å². The van der Waals surface area contributed by atoms with Gasteiger partial charge < -0.3 is 15.2 Å². The van der Waals surface area contributed by atoms with E-state index in [9.17, 15) is 0 Å². The summed E-state index contributed by atoms with van der Waals surface area (Å²) in [5.41, 5.74) is 1.45. The molecule has 2 rings (SSSR count). The fourth-order valence-electron chi connectivity index (χ4n) is 2.66. The summed E-state index contributed by atoms with van der Waals surface area (Å²) >= 11 is 0. The first-order chi connectivity index (χ1) is 8.83. The van der Waals surface area contributed by atoms with E-state index in [1.807, 2.05) is 0 Å². The smallest absolute Gasteiger partial charge is 0.0616 e. The Bertz CT molecular complexity index is 330. The van der Waals surface area contributed by atoms with Crippen molar-refractivity contribution in [2.75, 3.05) is 20.3 Å². The van der Waals surface area contributed by atoms with Gasteiger partial charge in [0.15, 0.2) is 0 Å². The Balaban J connectivity index is 1.75. The minimum Gasteiger partial charge on any atom is -0.396 e. The molecule has 1 unspecified atom stereocenters. The summed E-state index contributed by atoms with van der Waals surface area (Å²) in [6.45, 7) is 0.892. The quantitative estimate of drug-likeness (QED) is 0.775. The molecule has 1 fully saturated rings. The van der Waals surface area contributed by atoms with Crippen LogP contribution in [-0.4, -0.2) is 37.5 Å². The second-order valence-electron chi connectivity index (χ2n) is 5.11.